The molecule has 2 aromatic carbocycles. The number of ether oxygens (including phenoxy) is 1. The third kappa shape index (κ3) is 5.82. The monoisotopic (exact) mass is 546 g/mol. The van der Waals surface area contributed by atoms with Crippen LogP contribution in [-0.4, -0.2) is 80.9 Å². The van der Waals surface area contributed by atoms with E-state index in [0.29, 0.717) is 35.9 Å². The summed E-state index contributed by atoms with van der Waals surface area (Å²) in [4.78, 5) is 29.8. The molecule has 11 heteroatoms. The molecule has 0 spiro atoms. The first-order chi connectivity index (χ1) is 17.6. The van der Waals surface area contributed by atoms with E-state index in [1.807, 2.05) is 36.1 Å². The van der Waals surface area contributed by atoms with Gasteiger partial charge in [-0.3, -0.25) is 9.80 Å². The first-order valence-electron chi connectivity index (χ1n) is 12.1. The average Bonchev–Trinajstić information content (AvgIpc) is 2.87. The number of amides is 2. The Morgan fingerprint density at radius 3 is 2.41 bits per heavy atom. The zero-order valence-corrected chi connectivity index (χ0v) is 22.7. The van der Waals surface area contributed by atoms with Crippen LogP contribution in [0.15, 0.2) is 64.7 Å². The number of carbonyl (C=O) groups is 2. The highest BCUT2D eigenvalue weighted by Gasteiger charge is 2.38. The Morgan fingerprint density at radius 2 is 1.78 bits per heavy atom. The maximum Gasteiger partial charge on any atom is 0.338 e. The average molecular weight is 547 g/mol. The second-order valence-electron chi connectivity index (χ2n) is 9.07. The van der Waals surface area contributed by atoms with E-state index in [0.717, 1.165) is 11.1 Å². The molecule has 1 atom stereocenters. The van der Waals surface area contributed by atoms with E-state index in [-0.39, 0.29) is 30.6 Å². The summed E-state index contributed by atoms with van der Waals surface area (Å²) in [5, 5.41) is 3.40. The lowest BCUT2D eigenvalue weighted by Crippen LogP contribution is -2.53. The number of benzene rings is 2. The van der Waals surface area contributed by atoms with Crippen LogP contribution in [0.4, 0.5) is 4.79 Å². The second-order valence-corrected chi connectivity index (χ2v) is 11.4. The summed E-state index contributed by atoms with van der Waals surface area (Å²) in [6.07, 6.45) is 0. The van der Waals surface area contributed by atoms with Crippen LogP contribution in [0.1, 0.15) is 24.1 Å². The molecule has 1 fully saturated rings. The van der Waals surface area contributed by atoms with Crippen LogP contribution in [0, 0.1) is 6.92 Å². The van der Waals surface area contributed by atoms with Crippen molar-refractivity contribution in [3.63, 3.8) is 0 Å². The summed E-state index contributed by atoms with van der Waals surface area (Å²) >= 11 is 5.91. The summed E-state index contributed by atoms with van der Waals surface area (Å²) in [6, 6.07) is 12.8. The molecule has 0 bridgehead atoms. The summed E-state index contributed by atoms with van der Waals surface area (Å²) in [7, 11) is -2.03. The van der Waals surface area contributed by atoms with Gasteiger partial charge >= 0.3 is 12.0 Å². The number of urea groups is 1. The zero-order chi connectivity index (χ0) is 26.7. The van der Waals surface area contributed by atoms with E-state index in [9.17, 15) is 18.0 Å². The van der Waals surface area contributed by atoms with Crippen molar-refractivity contribution in [1.82, 2.24) is 19.4 Å². The first-order valence-corrected chi connectivity index (χ1v) is 13.9. The summed E-state index contributed by atoms with van der Waals surface area (Å²) in [6.45, 7) is 5.64. The summed E-state index contributed by atoms with van der Waals surface area (Å²) in [5.41, 5.74) is 2.72. The van der Waals surface area contributed by atoms with Crippen molar-refractivity contribution in [3.8, 4) is 0 Å². The Kier molecular flexibility index (Phi) is 8.23. The van der Waals surface area contributed by atoms with Gasteiger partial charge in [-0.25, -0.2) is 18.0 Å². The second kappa shape index (κ2) is 11.2. The highest BCUT2D eigenvalue weighted by molar-refractivity contribution is 7.89. The highest BCUT2D eigenvalue weighted by atomic mass is 35.5. The number of hydrogen-bond donors (Lipinski definition) is 1. The van der Waals surface area contributed by atoms with Gasteiger partial charge in [0.25, 0.3) is 0 Å². The minimum absolute atomic E-state index is 0.197. The van der Waals surface area contributed by atoms with Gasteiger partial charge in [0.1, 0.15) is 0 Å². The van der Waals surface area contributed by atoms with Crippen molar-refractivity contribution in [2.45, 2.75) is 24.8 Å². The fraction of sp³-hybridized carbons (Fsp3) is 0.385. The van der Waals surface area contributed by atoms with Gasteiger partial charge in [0.15, 0.2) is 0 Å². The molecule has 198 valence electrons. The Hall–Kier alpha value is -2.92. The molecule has 2 aliphatic heterocycles. The maximum absolute atomic E-state index is 13.2. The number of esters is 1. The molecule has 2 aromatic rings. The van der Waals surface area contributed by atoms with Crippen molar-refractivity contribution >= 4 is 33.6 Å². The number of aryl methyl sites for hydroxylation is 1. The predicted molar refractivity (Wildman–Crippen MR) is 141 cm³/mol. The molecule has 9 nitrogen and oxygen atoms in total. The Bertz CT molecular complexity index is 1300. The van der Waals surface area contributed by atoms with Gasteiger partial charge in [0.2, 0.25) is 10.0 Å². The van der Waals surface area contributed by atoms with Crippen molar-refractivity contribution in [2.24, 2.45) is 0 Å². The standard InChI is InChI=1S/C26H31ClN4O5S/c1-4-36-25(32)23-22(29(3)26(33)28-24(23)19-7-5-6-18(2)16-19)17-30-12-14-31(15-13-30)37(34,35)21-10-8-20(27)9-11-21/h5-11,16,24H,4,12-15,17H2,1-3H3,(H,28,33)/t24-/m1/s1. The quantitative estimate of drug-likeness (QED) is 0.536. The van der Waals surface area contributed by atoms with Crippen molar-refractivity contribution < 1.29 is 22.7 Å². The normalized spacial score (nSPS) is 19.6. The first kappa shape index (κ1) is 27.1. The van der Waals surface area contributed by atoms with Gasteiger partial charge < -0.3 is 10.1 Å². The topological polar surface area (TPSA) is 99.3 Å². The molecule has 0 saturated carbocycles. The van der Waals surface area contributed by atoms with Gasteiger partial charge in [-0.05, 0) is 43.7 Å². The lowest BCUT2D eigenvalue weighted by atomic mass is 9.93. The smallest absolute Gasteiger partial charge is 0.338 e. The lowest BCUT2D eigenvalue weighted by Gasteiger charge is -2.39. The van der Waals surface area contributed by atoms with Gasteiger partial charge in [0.05, 0.1) is 23.1 Å². The fourth-order valence-electron chi connectivity index (χ4n) is 4.59. The van der Waals surface area contributed by atoms with Crippen LogP contribution in [0.25, 0.3) is 0 Å². The van der Waals surface area contributed by atoms with Crippen LogP contribution >= 0.6 is 11.6 Å². The number of sulfonamides is 1. The van der Waals surface area contributed by atoms with Crippen molar-refractivity contribution in [2.75, 3.05) is 46.4 Å². The van der Waals surface area contributed by atoms with Crippen LogP contribution < -0.4 is 5.32 Å². The van der Waals surface area contributed by atoms with E-state index in [4.69, 9.17) is 16.3 Å². The molecule has 0 aromatic heterocycles. The lowest BCUT2D eigenvalue weighted by molar-refractivity contribution is -0.139. The molecule has 2 heterocycles. The highest BCUT2D eigenvalue weighted by Crippen LogP contribution is 2.32. The molecule has 2 amide bonds. The molecule has 4 rings (SSSR count). The number of likely N-dealkylation sites (N-methyl/N-ethyl adjacent to an activating group) is 1. The number of rotatable bonds is 7. The molecular weight excluding hydrogens is 516 g/mol. The predicted octanol–water partition coefficient (Wildman–Crippen LogP) is 3.17. The zero-order valence-electron chi connectivity index (χ0n) is 21.1. The Labute approximate surface area is 222 Å². The minimum atomic E-state index is -3.65. The van der Waals surface area contributed by atoms with Gasteiger partial charge in [-0.15, -0.1) is 0 Å². The molecule has 2 aliphatic rings. The number of piperazine rings is 1. The van der Waals surface area contributed by atoms with Crippen molar-refractivity contribution in [3.05, 3.63) is 76.0 Å². The Morgan fingerprint density at radius 1 is 1.11 bits per heavy atom. The van der Waals surface area contributed by atoms with E-state index >= 15 is 0 Å². The summed E-state index contributed by atoms with van der Waals surface area (Å²) < 4.78 is 33.0. The SMILES string of the molecule is CCOC(=O)C1=C(CN2CCN(S(=O)(=O)c3ccc(Cl)cc3)CC2)N(C)C(=O)N[C@@H]1c1cccc(C)c1. The molecular formula is C26H31ClN4O5S. The molecule has 1 saturated heterocycles. The van der Waals surface area contributed by atoms with Crippen molar-refractivity contribution in [1.29, 1.82) is 0 Å². The molecule has 0 aliphatic carbocycles. The Balaban J connectivity index is 1.59. The third-order valence-corrected chi connectivity index (χ3v) is 8.77. The van der Waals surface area contributed by atoms with E-state index in [2.05, 4.69) is 5.32 Å². The maximum atomic E-state index is 13.2. The summed E-state index contributed by atoms with van der Waals surface area (Å²) in [5.74, 6) is -0.486. The van der Waals surface area contributed by atoms with Crippen LogP contribution in [0.2, 0.25) is 5.02 Å². The minimum Gasteiger partial charge on any atom is -0.463 e. The molecule has 0 unspecified atom stereocenters. The third-order valence-electron chi connectivity index (χ3n) is 6.60. The van der Waals surface area contributed by atoms with E-state index in [1.54, 1.807) is 26.1 Å². The van der Waals surface area contributed by atoms with E-state index < -0.39 is 22.0 Å². The number of hydrogen-bond acceptors (Lipinski definition) is 6. The number of carbonyl (C=O) groups excluding carboxylic acids is 2. The molecule has 37 heavy (non-hydrogen) atoms. The van der Waals surface area contributed by atoms with Gasteiger partial charge in [-0.2, -0.15) is 4.31 Å². The number of nitrogens with one attached hydrogen (secondary N) is 1. The van der Waals surface area contributed by atoms with Gasteiger partial charge in [0, 0.05) is 50.5 Å². The fourth-order valence-corrected chi connectivity index (χ4v) is 6.14. The molecule has 0 radical (unpaired) electrons. The van der Waals surface area contributed by atoms with Crippen LogP contribution in [0.3, 0.4) is 0 Å². The van der Waals surface area contributed by atoms with Crippen LogP contribution in [0.5, 0.6) is 0 Å². The van der Waals surface area contributed by atoms with Gasteiger partial charge in [-0.1, -0.05) is 41.4 Å². The number of halogens is 1. The van der Waals surface area contributed by atoms with E-state index in [1.165, 1.54) is 21.3 Å². The largest absolute Gasteiger partial charge is 0.463 e. The van der Waals surface area contributed by atoms with Crippen LogP contribution in [-0.2, 0) is 19.6 Å². The molecule has 1 N–H and O–H groups in total. The number of nitrogens with zero attached hydrogens (tertiary/aromatic N) is 3.